The van der Waals surface area contributed by atoms with Gasteiger partial charge < -0.3 is 9.15 Å². The number of ether oxygens (including phenoxy) is 1. The summed E-state index contributed by atoms with van der Waals surface area (Å²) in [5, 5.41) is 0.239. The van der Waals surface area contributed by atoms with Crippen molar-refractivity contribution in [3.05, 3.63) is 39.7 Å². The second-order valence-corrected chi connectivity index (χ2v) is 3.75. The van der Waals surface area contributed by atoms with E-state index in [1.54, 1.807) is 0 Å². The van der Waals surface area contributed by atoms with Crippen LogP contribution in [0.4, 0.5) is 13.2 Å². The normalized spacial score (nSPS) is 11.8. The van der Waals surface area contributed by atoms with Crippen LogP contribution in [-0.2, 0) is 6.18 Å². The molecule has 0 bridgehead atoms. The van der Waals surface area contributed by atoms with Gasteiger partial charge in [-0.05, 0) is 24.6 Å². The zero-order valence-corrected chi connectivity index (χ0v) is 9.59. The highest BCUT2D eigenvalue weighted by Gasteiger charge is 2.37. The fourth-order valence-corrected chi connectivity index (χ4v) is 1.79. The van der Waals surface area contributed by atoms with Gasteiger partial charge in [0.1, 0.15) is 16.9 Å². The third-order valence-electron chi connectivity index (χ3n) is 2.66. The second kappa shape index (κ2) is 4.04. The first-order valence-electron chi connectivity index (χ1n) is 5.03. The molecule has 0 unspecified atom stereocenters. The Bertz CT molecular complexity index is 656. The fraction of sp³-hybridized carbons (Fsp3) is 0.250. The SMILES string of the molecule is COc1ccc2c(C)c(C(F)(F)F)c(=O)oc2c1. The minimum absolute atomic E-state index is 0.0739. The smallest absolute Gasteiger partial charge is 0.423 e. The predicted molar refractivity (Wildman–Crippen MR) is 58.8 cm³/mol. The van der Waals surface area contributed by atoms with Crippen molar-refractivity contribution in [2.75, 3.05) is 7.11 Å². The highest BCUT2D eigenvalue weighted by Crippen LogP contribution is 2.33. The van der Waals surface area contributed by atoms with Gasteiger partial charge in [-0.3, -0.25) is 0 Å². The lowest BCUT2D eigenvalue weighted by atomic mass is 10.1. The highest BCUT2D eigenvalue weighted by atomic mass is 19.4. The van der Waals surface area contributed by atoms with E-state index in [2.05, 4.69) is 4.42 Å². The monoisotopic (exact) mass is 258 g/mol. The predicted octanol–water partition coefficient (Wildman–Crippen LogP) is 3.13. The van der Waals surface area contributed by atoms with Crippen molar-refractivity contribution >= 4 is 11.0 Å². The van der Waals surface area contributed by atoms with Crippen LogP contribution >= 0.6 is 0 Å². The molecule has 96 valence electrons. The molecule has 0 radical (unpaired) electrons. The number of methoxy groups -OCH3 is 1. The van der Waals surface area contributed by atoms with Gasteiger partial charge in [-0.15, -0.1) is 0 Å². The van der Waals surface area contributed by atoms with Crippen molar-refractivity contribution in [1.82, 2.24) is 0 Å². The molecule has 0 aliphatic rings. The summed E-state index contributed by atoms with van der Waals surface area (Å²) in [6, 6.07) is 4.32. The third-order valence-corrected chi connectivity index (χ3v) is 2.66. The lowest BCUT2D eigenvalue weighted by Gasteiger charge is -2.10. The third kappa shape index (κ3) is 1.94. The topological polar surface area (TPSA) is 39.4 Å². The first-order chi connectivity index (χ1) is 8.34. The summed E-state index contributed by atoms with van der Waals surface area (Å²) >= 11 is 0. The number of halogens is 3. The van der Waals surface area contributed by atoms with Crippen LogP contribution in [0.25, 0.3) is 11.0 Å². The second-order valence-electron chi connectivity index (χ2n) is 3.75. The number of alkyl halides is 3. The van der Waals surface area contributed by atoms with Gasteiger partial charge in [-0.25, -0.2) is 4.79 Å². The lowest BCUT2D eigenvalue weighted by molar-refractivity contribution is -0.140. The molecule has 0 N–H and O–H groups in total. The van der Waals surface area contributed by atoms with E-state index in [4.69, 9.17) is 4.74 Å². The minimum atomic E-state index is -4.72. The summed E-state index contributed by atoms with van der Waals surface area (Å²) in [6.45, 7) is 1.24. The Balaban J connectivity index is 2.84. The highest BCUT2D eigenvalue weighted by molar-refractivity contribution is 5.82. The van der Waals surface area contributed by atoms with E-state index in [1.165, 1.54) is 32.2 Å². The van der Waals surface area contributed by atoms with Crippen LogP contribution < -0.4 is 10.4 Å². The van der Waals surface area contributed by atoms with E-state index in [1.807, 2.05) is 0 Å². The summed E-state index contributed by atoms with van der Waals surface area (Å²) in [5.74, 6) is 0.407. The molecule has 1 aromatic carbocycles. The van der Waals surface area contributed by atoms with Gasteiger partial charge >= 0.3 is 11.8 Å². The average molecular weight is 258 g/mol. The first-order valence-corrected chi connectivity index (χ1v) is 5.03. The average Bonchev–Trinajstić information content (AvgIpc) is 2.26. The van der Waals surface area contributed by atoms with E-state index >= 15 is 0 Å². The van der Waals surface area contributed by atoms with Crippen molar-refractivity contribution in [2.45, 2.75) is 13.1 Å². The van der Waals surface area contributed by atoms with E-state index < -0.39 is 17.4 Å². The number of aryl methyl sites for hydroxylation is 1. The Morgan fingerprint density at radius 3 is 2.50 bits per heavy atom. The molecule has 1 heterocycles. The fourth-order valence-electron chi connectivity index (χ4n) is 1.79. The molecule has 0 fully saturated rings. The zero-order chi connectivity index (χ0) is 13.5. The molecular weight excluding hydrogens is 249 g/mol. The maximum atomic E-state index is 12.7. The molecular formula is C12H9F3O3. The van der Waals surface area contributed by atoms with Gasteiger partial charge in [0.25, 0.3) is 0 Å². The van der Waals surface area contributed by atoms with Crippen molar-refractivity contribution in [2.24, 2.45) is 0 Å². The van der Waals surface area contributed by atoms with Crippen LogP contribution in [0.2, 0.25) is 0 Å². The van der Waals surface area contributed by atoms with Crippen molar-refractivity contribution in [3.63, 3.8) is 0 Å². The molecule has 0 atom stereocenters. The molecule has 18 heavy (non-hydrogen) atoms. The van der Waals surface area contributed by atoms with Gasteiger partial charge in [0.15, 0.2) is 0 Å². The van der Waals surface area contributed by atoms with E-state index in [9.17, 15) is 18.0 Å². The van der Waals surface area contributed by atoms with Gasteiger partial charge in [0, 0.05) is 11.5 Å². The Hall–Kier alpha value is -1.98. The molecule has 0 aliphatic carbocycles. The van der Waals surface area contributed by atoms with E-state index in [0.717, 1.165) is 0 Å². The molecule has 3 nitrogen and oxygen atoms in total. The van der Waals surface area contributed by atoms with E-state index in [0.29, 0.717) is 5.75 Å². The van der Waals surface area contributed by atoms with Crippen LogP contribution in [0.15, 0.2) is 27.4 Å². The number of hydrogen-bond acceptors (Lipinski definition) is 3. The van der Waals surface area contributed by atoms with E-state index in [-0.39, 0.29) is 16.5 Å². The van der Waals surface area contributed by atoms with Crippen LogP contribution in [0.5, 0.6) is 5.75 Å². The summed E-state index contributed by atoms with van der Waals surface area (Å²) in [5.41, 5.74) is -2.72. The number of rotatable bonds is 1. The number of fused-ring (bicyclic) bond motifs is 1. The maximum absolute atomic E-state index is 12.7. The molecule has 2 rings (SSSR count). The summed E-state index contributed by atoms with van der Waals surface area (Å²) in [6.07, 6.45) is -4.72. The summed E-state index contributed by atoms with van der Waals surface area (Å²) < 4.78 is 47.7. The molecule has 6 heteroatoms. The van der Waals surface area contributed by atoms with Gasteiger partial charge in [0.05, 0.1) is 7.11 Å². The Labute approximate surface area is 99.8 Å². The molecule has 0 spiro atoms. The molecule has 1 aromatic heterocycles. The Morgan fingerprint density at radius 1 is 1.28 bits per heavy atom. The van der Waals surface area contributed by atoms with Crippen molar-refractivity contribution in [3.8, 4) is 5.75 Å². The molecule has 0 saturated heterocycles. The molecule has 0 aliphatic heterocycles. The van der Waals surface area contributed by atoms with Crippen LogP contribution in [-0.4, -0.2) is 7.11 Å². The van der Waals surface area contributed by atoms with Gasteiger partial charge in [-0.2, -0.15) is 13.2 Å². The van der Waals surface area contributed by atoms with Crippen LogP contribution in [0.1, 0.15) is 11.1 Å². The van der Waals surface area contributed by atoms with Crippen LogP contribution in [0, 0.1) is 6.92 Å². The van der Waals surface area contributed by atoms with Gasteiger partial charge in [-0.1, -0.05) is 0 Å². The quantitative estimate of drug-likeness (QED) is 0.738. The van der Waals surface area contributed by atoms with Gasteiger partial charge in [0.2, 0.25) is 0 Å². The molecule has 2 aromatic rings. The molecule has 0 amide bonds. The Morgan fingerprint density at radius 2 is 1.94 bits per heavy atom. The lowest BCUT2D eigenvalue weighted by Crippen LogP contribution is -2.20. The molecule has 0 saturated carbocycles. The van der Waals surface area contributed by atoms with Crippen molar-refractivity contribution < 1.29 is 22.3 Å². The van der Waals surface area contributed by atoms with Crippen LogP contribution in [0.3, 0.4) is 0 Å². The zero-order valence-electron chi connectivity index (χ0n) is 9.59. The number of hydrogen-bond donors (Lipinski definition) is 0. The Kier molecular flexibility index (Phi) is 2.80. The van der Waals surface area contributed by atoms with Crippen molar-refractivity contribution in [1.29, 1.82) is 0 Å². The summed E-state index contributed by atoms with van der Waals surface area (Å²) in [4.78, 5) is 11.4. The summed E-state index contributed by atoms with van der Waals surface area (Å²) in [7, 11) is 1.41. The number of benzene rings is 1. The largest absolute Gasteiger partial charge is 0.497 e. The minimum Gasteiger partial charge on any atom is -0.497 e. The standard InChI is InChI=1S/C12H9F3O3/c1-6-8-4-3-7(17-2)5-9(8)18-11(16)10(6)12(13,14)15/h3-5H,1-2H3. The first kappa shape index (κ1) is 12.5. The maximum Gasteiger partial charge on any atom is 0.423 e.